The number of thiocarbonyl (C=S) groups is 1. The molecule has 0 spiro atoms. The molecule has 0 saturated carbocycles. The number of hydrogen-bond donors (Lipinski definition) is 3. The number of aryl methyl sites for hydroxylation is 2. The standard InChI is InChI=1S/C23H25N5S/c1-16-12-17(2)21-19(13-16)14-20(15-24)22(28-21)25-10-11-27-23(29)26-9-8-18-6-4-3-5-7-18/h3-7,12-14H,8-11H2,1-2H3,(H,25,28)(H2,26,27,29). The maximum Gasteiger partial charge on any atom is 0.166 e. The molecule has 3 N–H and O–H groups in total. The third kappa shape index (κ3) is 5.66. The average Bonchev–Trinajstić information content (AvgIpc) is 2.71. The lowest BCUT2D eigenvalue weighted by Gasteiger charge is -2.13. The fourth-order valence-electron chi connectivity index (χ4n) is 3.26. The van der Waals surface area contributed by atoms with E-state index in [1.54, 1.807) is 0 Å². The van der Waals surface area contributed by atoms with Gasteiger partial charge in [0.15, 0.2) is 5.11 Å². The van der Waals surface area contributed by atoms with Crippen LogP contribution in [0.4, 0.5) is 5.82 Å². The van der Waals surface area contributed by atoms with Crippen molar-refractivity contribution >= 4 is 34.1 Å². The Hall–Kier alpha value is -3.17. The summed E-state index contributed by atoms with van der Waals surface area (Å²) >= 11 is 5.32. The summed E-state index contributed by atoms with van der Waals surface area (Å²) in [4.78, 5) is 4.68. The molecule has 29 heavy (non-hydrogen) atoms. The third-order valence-electron chi connectivity index (χ3n) is 4.62. The quantitative estimate of drug-likeness (QED) is 0.411. The first-order chi connectivity index (χ1) is 14.1. The van der Waals surface area contributed by atoms with E-state index in [9.17, 15) is 5.26 Å². The van der Waals surface area contributed by atoms with Gasteiger partial charge in [0.1, 0.15) is 11.9 Å². The van der Waals surface area contributed by atoms with Crippen LogP contribution >= 0.6 is 12.2 Å². The molecule has 0 aliphatic carbocycles. The van der Waals surface area contributed by atoms with E-state index in [0.717, 1.165) is 29.4 Å². The number of nitrogens with one attached hydrogen (secondary N) is 3. The summed E-state index contributed by atoms with van der Waals surface area (Å²) in [6.07, 6.45) is 0.923. The first kappa shape index (κ1) is 20.6. The van der Waals surface area contributed by atoms with Crippen molar-refractivity contribution in [3.05, 3.63) is 70.8 Å². The van der Waals surface area contributed by atoms with Crippen LogP contribution in [0.5, 0.6) is 0 Å². The first-order valence-corrected chi connectivity index (χ1v) is 10.1. The highest BCUT2D eigenvalue weighted by atomic mass is 32.1. The van der Waals surface area contributed by atoms with E-state index in [0.29, 0.717) is 29.6 Å². The van der Waals surface area contributed by atoms with Gasteiger partial charge in [-0.3, -0.25) is 0 Å². The number of fused-ring (bicyclic) bond motifs is 1. The fraction of sp³-hybridized carbons (Fsp3) is 0.261. The molecule has 2 aromatic carbocycles. The van der Waals surface area contributed by atoms with Gasteiger partial charge in [-0.1, -0.05) is 42.0 Å². The molecule has 0 unspecified atom stereocenters. The zero-order valence-corrected chi connectivity index (χ0v) is 17.6. The van der Waals surface area contributed by atoms with Crippen molar-refractivity contribution in [3.63, 3.8) is 0 Å². The topological polar surface area (TPSA) is 72.8 Å². The molecule has 0 bridgehead atoms. The largest absolute Gasteiger partial charge is 0.367 e. The Morgan fingerprint density at radius 3 is 2.55 bits per heavy atom. The predicted molar refractivity (Wildman–Crippen MR) is 123 cm³/mol. The number of benzene rings is 2. The Morgan fingerprint density at radius 1 is 1.03 bits per heavy atom. The Labute approximate surface area is 177 Å². The maximum atomic E-state index is 9.48. The summed E-state index contributed by atoms with van der Waals surface area (Å²) in [5.74, 6) is 0.608. The molecule has 0 saturated heterocycles. The second-order valence-corrected chi connectivity index (χ2v) is 7.40. The minimum Gasteiger partial charge on any atom is -0.367 e. The summed E-state index contributed by atoms with van der Waals surface area (Å²) < 4.78 is 0. The van der Waals surface area contributed by atoms with E-state index < -0.39 is 0 Å². The molecular weight excluding hydrogens is 378 g/mol. The van der Waals surface area contributed by atoms with Gasteiger partial charge in [0.2, 0.25) is 0 Å². The van der Waals surface area contributed by atoms with E-state index in [-0.39, 0.29) is 0 Å². The number of aromatic nitrogens is 1. The van der Waals surface area contributed by atoms with Crippen LogP contribution < -0.4 is 16.0 Å². The Bertz CT molecular complexity index is 1040. The molecule has 0 aliphatic heterocycles. The monoisotopic (exact) mass is 403 g/mol. The number of nitriles is 1. The molecular formula is C23H25N5S. The second-order valence-electron chi connectivity index (χ2n) is 6.99. The van der Waals surface area contributed by atoms with Crippen LogP contribution in [0.1, 0.15) is 22.3 Å². The van der Waals surface area contributed by atoms with Gasteiger partial charge in [-0.05, 0) is 55.7 Å². The van der Waals surface area contributed by atoms with E-state index in [2.05, 4.69) is 51.3 Å². The molecule has 0 amide bonds. The van der Waals surface area contributed by atoms with Crippen molar-refractivity contribution in [2.75, 3.05) is 25.0 Å². The van der Waals surface area contributed by atoms with Crippen molar-refractivity contribution in [2.24, 2.45) is 0 Å². The van der Waals surface area contributed by atoms with Crippen LogP contribution in [0.3, 0.4) is 0 Å². The molecule has 0 atom stereocenters. The number of pyridine rings is 1. The lowest BCUT2D eigenvalue weighted by atomic mass is 10.1. The molecule has 0 aliphatic rings. The molecule has 3 rings (SSSR count). The van der Waals surface area contributed by atoms with Crippen molar-refractivity contribution in [1.82, 2.24) is 15.6 Å². The van der Waals surface area contributed by atoms with Gasteiger partial charge in [-0.2, -0.15) is 5.26 Å². The SMILES string of the molecule is Cc1cc(C)c2nc(NCCNC(=S)NCCc3ccccc3)c(C#N)cc2c1. The first-order valence-electron chi connectivity index (χ1n) is 9.68. The zero-order valence-electron chi connectivity index (χ0n) is 16.7. The molecule has 0 radical (unpaired) electrons. The second kappa shape index (κ2) is 9.85. The molecule has 148 valence electrons. The number of rotatable bonds is 7. The van der Waals surface area contributed by atoms with Gasteiger partial charge in [0, 0.05) is 25.0 Å². The van der Waals surface area contributed by atoms with Crippen molar-refractivity contribution < 1.29 is 0 Å². The summed E-state index contributed by atoms with van der Waals surface area (Å²) in [7, 11) is 0. The zero-order chi connectivity index (χ0) is 20.6. The molecule has 0 fully saturated rings. The van der Waals surface area contributed by atoms with Crippen LogP contribution in [-0.2, 0) is 6.42 Å². The van der Waals surface area contributed by atoms with Crippen molar-refractivity contribution in [1.29, 1.82) is 5.26 Å². The minimum atomic E-state index is 0.547. The lowest BCUT2D eigenvalue weighted by molar-refractivity contribution is 0.816. The molecule has 6 heteroatoms. The summed E-state index contributed by atoms with van der Waals surface area (Å²) in [6, 6.07) is 18.6. The van der Waals surface area contributed by atoms with Gasteiger partial charge >= 0.3 is 0 Å². The van der Waals surface area contributed by atoms with E-state index in [1.165, 1.54) is 11.1 Å². The highest BCUT2D eigenvalue weighted by Gasteiger charge is 2.09. The number of hydrogen-bond acceptors (Lipinski definition) is 4. The van der Waals surface area contributed by atoms with E-state index >= 15 is 0 Å². The highest BCUT2D eigenvalue weighted by molar-refractivity contribution is 7.80. The fourth-order valence-corrected chi connectivity index (χ4v) is 3.46. The van der Waals surface area contributed by atoms with Crippen LogP contribution in [0, 0.1) is 25.2 Å². The van der Waals surface area contributed by atoms with E-state index in [4.69, 9.17) is 12.2 Å². The Balaban J connectivity index is 1.49. The van der Waals surface area contributed by atoms with Crippen LogP contribution in [0.2, 0.25) is 0 Å². The minimum absolute atomic E-state index is 0.547. The van der Waals surface area contributed by atoms with Crippen LogP contribution in [0.25, 0.3) is 10.9 Å². The summed E-state index contributed by atoms with van der Waals surface area (Å²) in [5.41, 5.74) is 5.02. The van der Waals surface area contributed by atoms with Crippen molar-refractivity contribution in [2.45, 2.75) is 20.3 Å². The lowest BCUT2D eigenvalue weighted by Crippen LogP contribution is -2.38. The summed E-state index contributed by atoms with van der Waals surface area (Å²) in [6.45, 7) is 6.12. The molecule has 1 aromatic heterocycles. The van der Waals surface area contributed by atoms with Gasteiger partial charge in [-0.25, -0.2) is 4.98 Å². The summed E-state index contributed by atoms with van der Waals surface area (Å²) in [5, 5.41) is 20.7. The normalized spacial score (nSPS) is 10.4. The smallest absolute Gasteiger partial charge is 0.166 e. The Kier molecular flexibility index (Phi) is 6.99. The van der Waals surface area contributed by atoms with Gasteiger partial charge < -0.3 is 16.0 Å². The predicted octanol–water partition coefficient (Wildman–Crippen LogP) is 3.84. The van der Waals surface area contributed by atoms with Crippen LogP contribution in [-0.4, -0.2) is 29.7 Å². The number of anilines is 1. The van der Waals surface area contributed by atoms with Crippen LogP contribution in [0.15, 0.2) is 48.5 Å². The van der Waals surface area contributed by atoms with E-state index in [1.807, 2.05) is 38.1 Å². The highest BCUT2D eigenvalue weighted by Crippen LogP contribution is 2.23. The van der Waals surface area contributed by atoms with Gasteiger partial charge in [0.05, 0.1) is 11.1 Å². The van der Waals surface area contributed by atoms with Gasteiger partial charge in [0.25, 0.3) is 0 Å². The number of nitrogens with zero attached hydrogens (tertiary/aromatic N) is 2. The van der Waals surface area contributed by atoms with Crippen molar-refractivity contribution in [3.8, 4) is 6.07 Å². The molecule has 1 heterocycles. The average molecular weight is 404 g/mol. The maximum absolute atomic E-state index is 9.48. The molecule has 3 aromatic rings. The van der Waals surface area contributed by atoms with Gasteiger partial charge in [-0.15, -0.1) is 0 Å². The Morgan fingerprint density at radius 2 is 1.79 bits per heavy atom. The third-order valence-corrected chi connectivity index (χ3v) is 4.91. The molecule has 5 nitrogen and oxygen atoms in total.